The molecule has 0 radical (unpaired) electrons. The number of primary amides is 1. The van der Waals surface area contributed by atoms with Gasteiger partial charge in [0.15, 0.2) is 0 Å². The Morgan fingerprint density at radius 1 is 1.19 bits per heavy atom. The van der Waals surface area contributed by atoms with Crippen LogP contribution in [0.1, 0.15) is 10.4 Å². The van der Waals surface area contributed by atoms with Gasteiger partial charge in [0.05, 0.1) is 11.3 Å². The van der Waals surface area contributed by atoms with E-state index >= 15 is 0 Å². The number of benzene rings is 1. The van der Waals surface area contributed by atoms with Gasteiger partial charge in [0.25, 0.3) is 5.91 Å². The second-order valence-electron chi connectivity index (χ2n) is 2.76. The number of hydrogen-bond acceptors (Lipinski definition) is 4. The number of rotatable bonds is 5. The molecule has 0 aliphatic rings. The molecule has 16 heavy (non-hydrogen) atoms. The summed E-state index contributed by atoms with van der Waals surface area (Å²) in [6.45, 7) is -2.26. The van der Waals surface area contributed by atoms with Crippen LogP contribution in [0.25, 0.3) is 0 Å². The molecular weight excluding hydrogens is 222 g/mol. The van der Waals surface area contributed by atoms with Crippen molar-refractivity contribution in [3.05, 3.63) is 17.7 Å². The average Bonchev–Trinajstić information content (AvgIpc) is 2.23. The number of nitrogens with two attached hydrogens (primary N) is 2. The molecule has 0 fully saturated rings. The molecule has 0 saturated carbocycles. The van der Waals surface area contributed by atoms with E-state index in [-0.39, 0.29) is 22.7 Å². The standard InChI is InChI=1S/C9H10F2N2O3/c10-3-15-7-2-8(16-4-11)6(12)1-5(7)9(13)14/h1-2H,3-4,12H2,(H2,13,14). The van der Waals surface area contributed by atoms with Gasteiger partial charge in [0.1, 0.15) is 11.5 Å². The molecule has 0 bridgehead atoms. The molecule has 0 spiro atoms. The lowest BCUT2D eigenvalue weighted by Crippen LogP contribution is -2.14. The van der Waals surface area contributed by atoms with Gasteiger partial charge in [-0.2, -0.15) is 0 Å². The fourth-order valence-electron chi connectivity index (χ4n) is 1.13. The van der Waals surface area contributed by atoms with Crippen LogP contribution in [-0.4, -0.2) is 19.6 Å². The first-order valence-electron chi connectivity index (χ1n) is 4.21. The summed E-state index contributed by atoms with van der Waals surface area (Å²) in [6.07, 6.45) is 0. The minimum atomic E-state index is -1.15. The fourth-order valence-corrected chi connectivity index (χ4v) is 1.13. The summed E-state index contributed by atoms with van der Waals surface area (Å²) in [7, 11) is 0. The molecule has 0 unspecified atom stereocenters. The van der Waals surface area contributed by atoms with Crippen LogP contribution in [0.4, 0.5) is 14.5 Å². The summed E-state index contributed by atoms with van der Waals surface area (Å²) in [4.78, 5) is 11.0. The predicted octanol–water partition coefficient (Wildman–Crippen LogP) is 0.979. The van der Waals surface area contributed by atoms with Gasteiger partial charge in [-0.05, 0) is 6.07 Å². The first kappa shape index (κ1) is 12.0. The van der Waals surface area contributed by atoms with Crippen LogP contribution in [0, 0.1) is 0 Å². The number of nitrogen functional groups attached to an aromatic ring is 1. The third-order valence-electron chi connectivity index (χ3n) is 1.80. The van der Waals surface area contributed by atoms with Gasteiger partial charge < -0.3 is 20.9 Å². The smallest absolute Gasteiger partial charge is 0.252 e. The molecule has 5 nitrogen and oxygen atoms in total. The molecule has 1 aromatic rings. The number of anilines is 1. The third-order valence-corrected chi connectivity index (χ3v) is 1.80. The van der Waals surface area contributed by atoms with Crippen molar-refractivity contribution in [2.75, 3.05) is 19.5 Å². The van der Waals surface area contributed by atoms with Crippen LogP contribution in [0.15, 0.2) is 12.1 Å². The van der Waals surface area contributed by atoms with Gasteiger partial charge in [-0.15, -0.1) is 0 Å². The van der Waals surface area contributed by atoms with Gasteiger partial charge in [-0.1, -0.05) is 0 Å². The second-order valence-corrected chi connectivity index (χ2v) is 2.76. The number of alkyl halides is 2. The zero-order chi connectivity index (χ0) is 12.1. The van der Waals surface area contributed by atoms with Crippen LogP contribution in [-0.2, 0) is 0 Å². The van der Waals surface area contributed by atoms with Crippen LogP contribution in [0.3, 0.4) is 0 Å². The van der Waals surface area contributed by atoms with E-state index in [1.165, 1.54) is 0 Å². The van der Waals surface area contributed by atoms with E-state index in [1.54, 1.807) is 0 Å². The second kappa shape index (κ2) is 5.15. The Labute approximate surface area is 89.9 Å². The Balaban J connectivity index is 3.19. The van der Waals surface area contributed by atoms with E-state index in [0.717, 1.165) is 12.1 Å². The lowest BCUT2D eigenvalue weighted by Gasteiger charge is -2.11. The Morgan fingerprint density at radius 3 is 2.25 bits per heavy atom. The molecule has 88 valence electrons. The first-order valence-corrected chi connectivity index (χ1v) is 4.21. The molecule has 0 aromatic heterocycles. The van der Waals surface area contributed by atoms with Crippen LogP contribution >= 0.6 is 0 Å². The number of halogens is 2. The number of hydrogen-bond donors (Lipinski definition) is 2. The van der Waals surface area contributed by atoms with Gasteiger partial charge in [-0.3, -0.25) is 4.79 Å². The maximum Gasteiger partial charge on any atom is 0.252 e. The fraction of sp³-hybridized carbons (Fsp3) is 0.222. The highest BCUT2D eigenvalue weighted by molar-refractivity contribution is 5.97. The Bertz CT molecular complexity index is 399. The Kier molecular flexibility index (Phi) is 3.87. The molecule has 0 saturated heterocycles. The van der Waals surface area contributed by atoms with E-state index in [9.17, 15) is 13.6 Å². The minimum Gasteiger partial charge on any atom is -0.462 e. The monoisotopic (exact) mass is 232 g/mol. The van der Waals surface area contributed by atoms with Crippen molar-refractivity contribution in [3.8, 4) is 11.5 Å². The van der Waals surface area contributed by atoms with Gasteiger partial charge in [0.2, 0.25) is 13.7 Å². The highest BCUT2D eigenvalue weighted by Gasteiger charge is 2.14. The van der Waals surface area contributed by atoms with Crippen molar-refractivity contribution < 1.29 is 23.0 Å². The van der Waals surface area contributed by atoms with Gasteiger partial charge in [0, 0.05) is 6.07 Å². The summed E-state index contributed by atoms with van der Waals surface area (Å²) in [6, 6.07) is 2.24. The summed E-state index contributed by atoms with van der Waals surface area (Å²) in [5.74, 6) is -1.02. The minimum absolute atomic E-state index is 0.0117. The van der Waals surface area contributed by atoms with Crippen LogP contribution in [0.5, 0.6) is 11.5 Å². The molecular formula is C9H10F2N2O3. The molecule has 4 N–H and O–H groups in total. The third kappa shape index (κ3) is 2.50. The van der Waals surface area contributed by atoms with E-state index in [4.69, 9.17) is 11.5 Å². The zero-order valence-corrected chi connectivity index (χ0v) is 8.20. The predicted molar refractivity (Wildman–Crippen MR) is 52.6 cm³/mol. The molecule has 7 heteroatoms. The summed E-state index contributed by atoms with van der Waals surface area (Å²) in [5.41, 5.74) is 10.4. The number of ether oxygens (including phenoxy) is 2. The molecule has 0 heterocycles. The molecule has 1 aromatic carbocycles. The summed E-state index contributed by atoms with van der Waals surface area (Å²) < 4.78 is 33.0. The number of carbonyl (C=O) groups excluding carboxylic acids is 1. The van der Waals surface area contributed by atoms with Crippen molar-refractivity contribution in [1.29, 1.82) is 0 Å². The molecule has 0 atom stereocenters. The van der Waals surface area contributed by atoms with Crippen molar-refractivity contribution in [2.24, 2.45) is 5.73 Å². The van der Waals surface area contributed by atoms with Crippen molar-refractivity contribution >= 4 is 11.6 Å². The normalized spacial score (nSPS) is 9.88. The van der Waals surface area contributed by atoms with E-state index in [2.05, 4.69) is 9.47 Å². The SMILES string of the molecule is NC(=O)c1cc(N)c(OCF)cc1OCF. The largest absolute Gasteiger partial charge is 0.462 e. The van der Waals surface area contributed by atoms with Gasteiger partial charge >= 0.3 is 0 Å². The highest BCUT2D eigenvalue weighted by Crippen LogP contribution is 2.31. The molecule has 1 amide bonds. The number of carbonyl (C=O) groups is 1. The zero-order valence-electron chi connectivity index (χ0n) is 8.20. The maximum atomic E-state index is 12.0. The van der Waals surface area contributed by atoms with Crippen molar-refractivity contribution in [3.63, 3.8) is 0 Å². The van der Waals surface area contributed by atoms with E-state index < -0.39 is 19.6 Å². The number of amides is 1. The van der Waals surface area contributed by atoms with E-state index in [0.29, 0.717) is 0 Å². The molecule has 0 aliphatic heterocycles. The maximum absolute atomic E-state index is 12.0. The van der Waals surface area contributed by atoms with Crippen LogP contribution < -0.4 is 20.9 Å². The van der Waals surface area contributed by atoms with Crippen LogP contribution in [0.2, 0.25) is 0 Å². The molecule has 0 aliphatic carbocycles. The first-order chi connectivity index (χ1) is 7.60. The lowest BCUT2D eigenvalue weighted by molar-refractivity contribution is 0.0993. The summed E-state index contributed by atoms with van der Waals surface area (Å²) >= 11 is 0. The van der Waals surface area contributed by atoms with Crippen molar-refractivity contribution in [1.82, 2.24) is 0 Å². The quantitative estimate of drug-likeness (QED) is 0.740. The highest BCUT2D eigenvalue weighted by atomic mass is 19.1. The topological polar surface area (TPSA) is 87.6 Å². The molecule has 1 rings (SSSR count). The Morgan fingerprint density at radius 2 is 1.75 bits per heavy atom. The van der Waals surface area contributed by atoms with Crippen molar-refractivity contribution in [2.45, 2.75) is 0 Å². The lowest BCUT2D eigenvalue weighted by atomic mass is 10.1. The summed E-state index contributed by atoms with van der Waals surface area (Å²) in [5, 5.41) is 0. The van der Waals surface area contributed by atoms with E-state index in [1.807, 2.05) is 0 Å². The average molecular weight is 232 g/mol. The van der Waals surface area contributed by atoms with Gasteiger partial charge in [-0.25, -0.2) is 8.78 Å². The Hall–Kier alpha value is -2.05.